The second-order valence-corrected chi connectivity index (χ2v) is 7.01. The molecule has 1 unspecified atom stereocenters. The van der Waals surface area contributed by atoms with E-state index in [4.69, 9.17) is 12.2 Å². The van der Waals surface area contributed by atoms with E-state index in [0.717, 1.165) is 30.0 Å². The van der Waals surface area contributed by atoms with E-state index < -0.39 is 12.0 Å². The minimum Gasteiger partial charge on any atom is -0.480 e. The van der Waals surface area contributed by atoms with Crippen LogP contribution in [-0.2, 0) is 9.59 Å². The highest BCUT2D eigenvalue weighted by Crippen LogP contribution is 2.35. The summed E-state index contributed by atoms with van der Waals surface area (Å²) in [5, 5.41) is 9.41. The van der Waals surface area contributed by atoms with Crippen LogP contribution < -0.4 is 0 Å². The first-order valence-corrected chi connectivity index (χ1v) is 8.75. The van der Waals surface area contributed by atoms with Gasteiger partial charge in [0.2, 0.25) is 0 Å². The summed E-state index contributed by atoms with van der Waals surface area (Å²) < 4.78 is 0.263. The number of rotatable bonds is 7. The summed E-state index contributed by atoms with van der Waals surface area (Å²) in [4.78, 5) is 36.3. The van der Waals surface area contributed by atoms with E-state index in [9.17, 15) is 19.5 Å². The third-order valence-corrected chi connectivity index (χ3v) is 4.95. The number of nitrogens with zero attached hydrogens (tertiary/aromatic N) is 1. The molecule has 5 nitrogen and oxygen atoms in total. The monoisotopic (exact) mass is 363 g/mol. The van der Waals surface area contributed by atoms with Crippen LogP contribution in [0.2, 0.25) is 0 Å². The van der Waals surface area contributed by atoms with Gasteiger partial charge in [0.25, 0.3) is 5.91 Å². The topological polar surface area (TPSA) is 74.7 Å². The van der Waals surface area contributed by atoms with Crippen LogP contribution in [0.4, 0.5) is 0 Å². The molecule has 1 saturated heterocycles. The first-order chi connectivity index (χ1) is 11.5. The van der Waals surface area contributed by atoms with Gasteiger partial charge in [-0.3, -0.25) is 14.5 Å². The summed E-state index contributed by atoms with van der Waals surface area (Å²) in [5.41, 5.74) is 1.30. The fourth-order valence-electron chi connectivity index (χ4n) is 2.33. The second kappa shape index (κ2) is 8.21. The number of hydrogen-bond acceptors (Lipinski definition) is 5. The number of thioether (sulfide) groups is 1. The summed E-state index contributed by atoms with van der Waals surface area (Å²) in [5.74, 6) is -1.43. The van der Waals surface area contributed by atoms with E-state index in [2.05, 4.69) is 0 Å². The lowest BCUT2D eigenvalue weighted by Crippen LogP contribution is -2.43. The average molecular weight is 363 g/mol. The Bertz CT molecular complexity index is 697. The van der Waals surface area contributed by atoms with Gasteiger partial charge in [0.1, 0.15) is 16.6 Å². The minimum absolute atomic E-state index is 0.263. The molecule has 0 aliphatic carbocycles. The highest BCUT2D eigenvalue weighted by molar-refractivity contribution is 8.26. The van der Waals surface area contributed by atoms with Gasteiger partial charge in [0.15, 0.2) is 0 Å². The number of carbonyl (C=O) groups excluding carboxylic acids is 2. The van der Waals surface area contributed by atoms with Gasteiger partial charge < -0.3 is 5.11 Å². The number of carboxylic acids is 1. The van der Waals surface area contributed by atoms with Crippen molar-refractivity contribution in [3.05, 3.63) is 40.3 Å². The predicted molar refractivity (Wildman–Crippen MR) is 97.8 cm³/mol. The van der Waals surface area contributed by atoms with Crippen molar-refractivity contribution in [1.29, 1.82) is 0 Å². The number of carboxylic acid groups (broad SMARTS) is 1. The molecule has 1 fully saturated rings. The smallest absolute Gasteiger partial charge is 0.326 e. The van der Waals surface area contributed by atoms with Gasteiger partial charge in [-0.15, -0.1) is 0 Å². The first-order valence-electron chi connectivity index (χ1n) is 7.53. The molecule has 1 amide bonds. The number of aldehydes is 1. The lowest BCUT2D eigenvalue weighted by molar-refractivity contribution is -0.145. The molecule has 0 saturated carbocycles. The van der Waals surface area contributed by atoms with Gasteiger partial charge >= 0.3 is 5.97 Å². The number of amides is 1. The average Bonchev–Trinajstić information content (AvgIpc) is 2.83. The summed E-state index contributed by atoms with van der Waals surface area (Å²) >= 11 is 6.32. The van der Waals surface area contributed by atoms with Crippen molar-refractivity contribution in [2.45, 2.75) is 32.2 Å². The Hall–Kier alpha value is -1.99. The zero-order valence-electron chi connectivity index (χ0n) is 13.1. The number of benzene rings is 1. The van der Waals surface area contributed by atoms with Crippen LogP contribution in [0.5, 0.6) is 0 Å². The fraction of sp³-hybridized carbons (Fsp3) is 0.294. The predicted octanol–water partition coefficient (Wildman–Crippen LogP) is 3.34. The Morgan fingerprint density at radius 3 is 2.50 bits per heavy atom. The van der Waals surface area contributed by atoms with Crippen molar-refractivity contribution in [3.8, 4) is 0 Å². The summed E-state index contributed by atoms with van der Waals surface area (Å²) in [6.45, 7) is 1.96. The number of unbranched alkanes of at least 4 members (excludes halogenated alkanes) is 1. The van der Waals surface area contributed by atoms with Crippen molar-refractivity contribution < 1.29 is 19.5 Å². The van der Waals surface area contributed by atoms with Crippen LogP contribution >= 0.6 is 24.0 Å². The summed E-state index contributed by atoms with van der Waals surface area (Å²) in [6.07, 6.45) is 4.33. The molecule has 7 heteroatoms. The van der Waals surface area contributed by atoms with Gasteiger partial charge in [0, 0.05) is 5.56 Å². The van der Waals surface area contributed by atoms with Crippen LogP contribution in [0.1, 0.15) is 42.1 Å². The lowest BCUT2D eigenvalue weighted by atomic mass is 10.1. The van der Waals surface area contributed by atoms with E-state index in [1.807, 2.05) is 6.92 Å². The fourth-order valence-corrected chi connectivity index (χ4v) is 3.69. The quantitative estimate of drug-likeness (QED) is 0.455. The number of hydrogen-bond donors (Lipinski definition) is 1. The normalized spacial score (nSPS) is 17.4. The number of thiocarbonyl (C=S) groups is 1. The largest absolute Gasteiger partial charge is 0.480 e. The van der Waals surface area contributed by atoms with Crippen LogP contribution in [0.3, 0.4) is 0 Å². The van der Waals surface area contributed by atoms with Crippen LogP contribution in [0.15, 0.2) is 29.2 Å². The highest BCUT2D eigenvalue weighted by Gasteiger charge is 2.40. The van der Waals surface area contributed by atoms with E-state index in [0.29, 0.717) is 23.3 Å². The molecular weight excluding hydrogens is 346 g/mol. The molecule has 1 aromatic carbocycles. The molecule has 0 spiro atoms. The van der Waals surface area contributed by atoms with Crippen molar-refractivity contribution >= 4 is 52.5 Å². The third kappa shape index (κ3) is 4.10. The second-order valence-electron chi connectivity index (χ2n) is 5.33. The SMILES string of the molecule is CCCCC(C(=O)O)N1C(=O)/C(=C\c2ccc(C=O)cc2)SC1=S. The Labute approximate surface area is 149 Å². The van der Waals surface area contributed by atoms with Crippen LogP contribution in [-0.4, -0.2) is 38.5 Å². The molecule has 1 N–H and O–H groups in total. The van der Waals surface area contributed by atoms with Crippen molar-refractivity contribution in [2.24, 2.45) is 0 Å². The van der Waals surface area contributed by atoms with Crippen LogP contribution in [0, 0.1) is 0 Å². The van der Waals surface area contributed by atoms with Gasteiger partial charge in [-0.05, 0) is 18.1 Å². The Balaban J connectivity index is 2.24. The molecule has 0 bridgehead atoms. The zero-order valence-corrected chi connectivity index (χ0v) is 14.7. The van der Waals surface area contributed by atoms with E-state index in [-0.39, 0.29) is 10.2 Å². The maximum Gasteiger partial charge on any atom is 0.326 e. The van der Waals surface area contributed by atoms with E-state index in [1.165, 1.54) is 4.90 Å². The van der Waals surface area contributed by atoms with E-state index >= 15 is 0 Å². The third-order valence-electron chi connectivity index (χ3n) is 3.62. The van der Waals surface area contributed by atoms with E-state index in [1.54, 1.807) is 30.3 Å². The standard InChI is InChI=1S/C17H17NO4S2/c1-2-3-4-13(16(21)22)18-15(20)14(24-17(18)23)9-11-5-7-12(10-19)8-6-11/h5-10,13H,2-4H2,1H3,(H,21,22)/b14-9+. The molecule has 1 heterocycles. The van der Waals surface area contributed by atoms with Gasteiger partial charge in [-0.2, -0.15) is 0 Å². The molecule has 1 aliphatic heterocycles. The maximum absolute atomic E-state index is 12.6. The molecule has 1 aromatic rings. The number of aliphatic carboxylic acids is 1. The van der Waals surface area contributed by atoms with Gasteiger partial charge in [0.05, 0.1) is 4.91 Å². The Kier molecular flexibility index (Phi) is 6.28. The minimum atomic E-state index is -1.05. The van der Waals surface area contributed by atoms with Crippen molar-refractivity contribution in [2.75, 3.05) is 0 Å². The Morgan fingerprint density at radius 1 is 1.33 bits per heavy atom. The van der Waals surface area contributed by atoms with Gasteiger partial charge in [-0.25, -0.2) is 4.79 Å². The molecule has 2 rings (SSSR count). The number of carbonyl (C=O) groups is 3. The zero-order chi connectivity index (χ0) is 17.7. The Morgan fingerprint density at radius 2 is 1.96 bits per heavy atom. The summed E-state index contributed by atoms with van der Waals surface area (Å²) in [7, 11) is 0. The maximum atomic E-state index is 12.6. The highest BCUT2D eigenvalue weighted by atomic mass is 32.2. The molecule has 1 atom stereocenters. The molecule has 0 aromatic heterocycles. The first kappa shape index (κ1) is 18.4. The lowest BCUT2D eigenvalue weighted by Gasteiger charge is -2.22. The van der Waals surface area contributed by atoms with Crippen molar-refractivity contribution in [1.82, 2.24) is 4.90 Å². The van der Waals surface area contributed by atoms with Gasteiger partial charge in [-0.1, -0.05) is 68.0 Å². The van der Waals surface area contributed by atoms with Crippen LogP contribution in [0.25, 0.3) is 6.08 Å². The molecular formula is C17H17NO4S2. The molecule has 1 aliphatic rings. The molecule has 24 heavy (non-hydrogen) atoms. The van der Waals surface area contributed by atoms with Crippen molar-refractivity contribution in [3.63, 3.8) is 0 Å². The molecule has 126 valence electrons. The molecule has 0 radical (unpaired) electrons. The summed E-state index contributed by atoms with van der Waals surface area (Å²) in [6, 6.07) is 5.83.